The van der Waals surface area contributed by atoms with Crippen LogP contribution in [0.1, 0.15) is 33.5 Å². The lowest BCUT2D eigenvalue weighted by Crippen LogP contribution is -2.71. The Balaban J connectivity index is 1.70. The predicted octanol–water partition coefficient (Wildman–Crippen LogP) is 0.751. The van der Waals surface area contributed by atoms with Gasteiger partial charge >= 0.3 is 0 Å². The molecule has 0 bridgehead atoms. The number of aromatic hydroxyl groups is 1. The number of fused-ring (bicyclic) bond motifs is 3. The molecule has 41 heavy (non-hydrogen) atoms. The van der Waals surface area contributed by atoms with E-state index >= 15 is 0 Å². The molecule has 5 rings (SSSR count). The first kappa shape index (κ1) is 28.4. The highest BCUT2D eigenvalue weighted by molar-refractivity contribution is 6.16. The summed E-state index contributed by atoms with van der Waals surface area (Å²) in [6.07, 6.45) is -1.25. The van der Waals surface area contributed by atoms with Crippen LogP contribution in [0.3, 0.4) is 0 Å². The number of carbonyl (C=O) groups excluding carboxylic acids is 3. The molecule has 1 saturated carbocycles. The number of carbonyl (C=O) groups is 3. The summed E-state index contributed by atoms with van der Waals surface area (Å²) < 4.78 is 0. The molecule has 0 spiro atoms. The number of benzene rings is 2. The van der Waals surface area contributed by atoms with E-state index in [1.807, 2.05) is 30.3 Å². The minimum atomic E-state index is -2.63. The molecular formula is C31H33N3O7. The second-order valence-electron chi connectivity index (χ2n) is 11.4. The van der Waals surface area contributed by atoms with Crippen LogP contribution in [-0.4, -0.2) is 88.7 Å². The largest absolute Gasteiger partial charge is 0.508 e. The fourth-order valence-electron chi connectivity index (χ4n) is 6.81. The fourth-order valence-corrected chi connectivity index (χ4v) is 6.81. The van der Waals surface area contributed by atoms with Gasteiger partial charge in [0, 0.05) is 42.9 Å². The van der Waals surface area contributed by atoms with Gasteiger partial charge in [-0.2, -0.15) is 0 Å². The lowest BCUT2D eigenvalue weighted by atomic mass is 9.56. The molecule has 2 unspecified atom stereocenters. The lowest BCUT2D eigenvalue weighted by molar-refractivity contribution is -0.178. The molecule has 2 aromatic carbocycles. The summed E-state index contributed by atoms with van der Waals surface area (Å²) >= 11 is 0. The van der Waals surface area contributed by atoms with Crippen molar-refractivity contribution in [3.8, 4) is 17.6 Å². The van der Waals surface area contributed by atoms with Crippen molar-refractivity contribution in [3.63, 3.8) is 0 Å². The molecule has 1 amide bonds. The van der Waals surface area contributed by atoms with Crippen LogP contribution < -0.4 is 10.6 Å². The summed E-state index contributed by atoms with van der Waals surface area (Å²) in [5.74, 6) is -1.80. The average molecular weight is 560 g/mol. The van der Waals surface area contributed by atoms with Crippen LogP contribution in [0.25, 0.3) is 0 Å². The van der Waals surface area contributed by atoms with Crippen molar-refractivity contribution in [2.45, 2.75) is 30.6 Å². The molecule has 6 atom stereocenters. The van der Waals surface area contributed by atoms with E-state index in [4.69, 9.17) is 5.73 Å². The van der Waals surface area contributed by atoms with E-state index in [1.54, 1.807) is 44.1 Å². The van der Waals surface area contributed by atoms with Crippen molar-refractivity contribution in [3.05, 3.63) is 70.0 Å². The van der Waals surface area contributed by atoms with E-state index in [0.29, 0.717) is 16.8 Å². The number of Topliss-reactive ketones (excluding diaryl/α,β-unsaturated/α-hetero) is 2. The minimum absolute atomic E-state index is 0.0569. The number of primary amides is 1. The van der Waals surface area contributed by atoms with E-state index in [-0.39, 0.29) is 35.3 Å². The van der Waals surface area contributed by atoms with Gasteiger partial charge < -0.3 is 36.0 Å². The molecule has 0 heterocycles. The Hall–Kier alpha value is -4.17. The number of amides is 1. The Morgan fingerprint density at radius 1 is 1.07 bits per heavy atom. The number of ketones is 2. The van der Waals surface area contributed by atoms with Gasteiger partial charge in [-0.1, -0.05) is 30.0 Å². The highest BCUT2D eigenvalue weighted by Crippen LogP contribution is 2.53. The highest BCUT2D eigenvalue weighted by atomic mass is 16.3. The number of aliphatic hydroxyl groups is 3. The third-order valence-electron chi connectivity index (χ3n) is 8.67. The van der Waals surface area contributed by atoms with Crippen molar-refractivity contribution < 1.29 is 34.8 Å². The molecule has 6 N–H and O–H groups in total. The molecule has 2 aromatic rings. The SMILES string of the molecule is CN(C)c1cc(C#Cc2ccccc2)c(O)c2c1C[C@H]1C[C@H]3[C@H](N(C)C)C(O)C(C(N)=O)C(=O)[C@@]3(O)C(O)=C1C2=O. The number of aliphatic hydroxyl groups excluding tert-OH is 2. The maximum absolute atomic E-state index is 14.1. The van der Waals surface area contributed by atoms with Gasteiger partial charge in [0.2, 0.25) is 5.91 Å². The Kier molecular flexibility index (Phi) is 6.94. The molecule has 214 valence electrons. The zero-order chi connectivity index (χ0) is 30.0. The van der Waals surface area contributed by atoms with Gasteiger partial charge in [-0.3, -0.25) is 14.4 Å². The molecule has 3 aliphatic rings. The first-order chi connectivity index (χ1) is 19.3. The van der Waals surface area contributed by atoms with Crippen LogP contribution in [0.15, 0.2) is 47.7 Å². The van der Waals surface area contributed by atoms with Crippen molar-refractivity contribution in [2.24, 2.45) is 23.5 Å². The van der Waals surface area contributed by atoms with Gasteiger partial charge in [0.05, 0.1) is 17.2 Å². The van der Waals surface area contributed by atoms with Crippen molar-refractivity contribution >= 4 is 23.2 Å². The quantitative estimate of drug-likeness (QED) is 0.270. The van der Waals surface area contributed by atoms with E-state index < -0.39 is 58.7 Å². The van der Waals surface area contributed by atoms with E-state index in [1.165, 1.54) is 0 Å². The number of rotatable bonds is 3. The van der Waals surface area contributed by atoms with Crippen molar-refractivity contribution in [1.29, 1.82) is 0 Å². The first-order valence-electron chi connectivity index (χ1n) is 13.3. The number of phenolic OH excluding ortho intramolecular Hbond substituents is 1. The maximum atomic E-state index is 14.1. The lowest BCUT2D eigenvalue weighted by Gasteiger charge is -2.53. The molecule has 0 saturated heterocycles. The van der Waals surface area contributed by atoms with Gasteiger partial charge in [-0.25, -0.2) is 0 Å². The van der Waals surface area contributed by atoms with Crippen LogP contribution >= 0.6 is 0 Å². The summed E-state index contributed by atoms with van der Waals surface area (Å²) in [6.45, 7) is 0. The minimum Gasteiger partial charge on any atom is -0.508 e. The molecule has 10 nitrogen and oxygen atoms in total. The summed E-state index contributed by atoms with van der Waals surface area (Å²) in [5, 5.41) is 45.6. The van der Waals surface area contributed by atoms with Crippen LogP contribution in [0.4, 0.5) is 5.69 Å². The zero-order valence-corrected chi connectivity index (χ0v) is 23.3. The maximum Gasteiger partial charge on any atom is 0.230 e. The number of anilines is 1. The van der Waals surface area contributed by atoms with Crippen LogP contribution in [0, 0.1) is 29.6 Å². The number of nitrogens with two attached hydrogens (primary N) is 1. The van der Waals surface area contributed by atoms with Crippen molar-refractivity contribution in [1.82, 2.24) is 4.90 Å². The van der Waals surface area contributed by atoms with E-state index in [0.717, 1.165) is 0 Å². The zero-order valence-electron chi connectivity index (χ0n) is 23.3. The first-order valence-corrected chi connectivity index (χ1v) is 13.3. The van der Waals surface area contributed by atoms with Gasteiger partial charge in [0.1, 0.15) is 17.4 Å². The molecule has 1 fully saturated rings. The Bertz CT molecular complexity index is 1550. The fraction of sp³-hybridized carbons (Fsp3) is 0.387. The monoisotopic (exact) mass is 559 g/mol. The predicted molar refractivity (Wildman–Crippen MR) is 150 cm³/mol. The summed E-state index contributed by atoms with van der Waals surface area (Å²) in [5.41, 5.74) is 4.67. The smallest absolute Gasteiger partial charge is 0.230 e. The van der Waals surface area contributed by atoms with Gasteiger partial charge in [0.15, 0.2) is 17.2 Å². The van der Waals surface area contributed by atoms with Gasteiger partial charge in [-0.05, 0) is 56.6 Å². The highest BCUT2D eigenvalue weighted by Gasteiger charge is 2.66. The third kappa shape index (κ3) is 4.20. The van der Waals surface area contributed by atoms with E-state index in [9.17, 15) is 34.8 Å². The number of hydrogen-bond acceptors (Lipinski definition) is 9. The second-order valence-corrected chi connectivity index (χ2v) is 11.4. The number of phenols is 1. The number of hydrogen-bond donors (Lipinski definition) is 5. The second kappa shape index (κ2) is 10.0. The Morgan fingerprint density at radius 3 is 2.32 bits per heavy atom. The number of allylic oxidation sites excluding steroid dienone is 1. The van der Waals surface area contributed by atoms with Crippen molar-refractivity contribution in [2.75, 3.05) is 33.1 Å². The molecule has 0 radical (unpaired) electrons. The number of likely N-dealkylation sites (N-methyl/N-ethyl adjacent to an activating group) is 1. The summed E-state index contributed by atoms with van der Waals surface area (Å²) in [7, 11) is 6.85. The van der Waals surface area contributed by atoms with Crippen LogP contribution in [0.5, 0.6) is 5.75 Å². The summed E-state index contributed by atoms with van der Waals surface area (Å²) in [4.78, 5) is 43.2. The van der Waals surface area contributed by atoms with Gasteiger partial charge in [0.25, 0.3) is 0 Å². The van der Waals surface area contributed by atoms with Gasteiger partial charge in [-0.15, -0.1) is 0 Å². The average Bonchev–Trinajstić information content (AvgIpc) is 2.90. The molecule has 0 aromatic heterocycles. The third-order valence-corrected chi connectivity index (χ3v) is 8.67. The Morgan fingerprint density at radius 2 is 1.73 bits per heavy atom. The molecular weight excluding hydrogens is 526 g/mol. The Labute approximate surface area is 237 Å². The van der Waals surface area contributed by atoms with Crippen LogP contribution in [-0.2, 0) is 16.0 Å². The molecule has 10 heteroatoms. The number of nitrogens with zero attached hydrogens (tertiary/aromatic N) is 2. The topological polar surface area (TPSA) is 165 Å². The molecule has 0 aliphatic heterocycles. The molecule has 3 aliphatic carbocycles. The van der Waals surface area contributed by atoms with Crippen LogP contribution in [0.2, 0.25) is 0 Å². The normalized spacial score (nSPS) is 28.8. The standard InChI is InChI=1S/C31H33N3O7/c1-33(2)20-14-16(11-10-15-8-6-5-7-9-15)25(35)22-18(20)12-17-13-19-24(34(3)4)27(37)23(30(32)40)29(39)31(19,41)28(38)21(17)26(22)36/h5-9,14,17,19,23-24,27,35,37-38,41H,12-13H2,1-4H3,(H2,32,40)/t17-,19-,23?,24-,27?,31-/m0/s1. The summed E-state index contributed by atoms with van der Waals surface area (Å²) in [6, 6.07) is 9.92. The van der Waals surface area contributed by atoms with E-state index in [2.05, 4.69) is 11.8 Å².